The summed E-state index contributed by atoms with van der Waals surface area (Å²) in [5.74, 6) is 0.262. The van der Waals surface area contributed by atoms with Gasteiger partial charge in [0.2, 0.25) is 0 Å². The summed E-state index contributed by atoms with van der Waals surface area (Å²) in [5.41, 5.74) is 1.32. The maximum absolute atomic E-state index is 13.2. The molecule has 1 N–H and O–H groups in total. The first kappa shape index (κ1) is 17.4. The number of pyridine rings is 1. The van der Waals surface area contributed by atoms with Gasteiger partial charge in [-0.1, -0.05) is 12.1 Å². The lowest BCUT2D eigenvalue weighted by molar-refractivity contribution is 0.0672. The monoisotopic (exact) mass is 343 g/mol. The molecule has 2 aromatic rings. The number of rotatable bonds is 5. The van der Waals surface area contributed by atoms with E-state index in [4.69, 9.17) is 4.74 Å². The third kappa shape index (κ3) is 4.14. The highest BCUT2D eigenvalue weighted by molar-refractivity contribution is 5.94. The van der Waals surface area contributed by atoms with Gasteiger partial charge in [0.1, 0.15) is 11.6 Å². The molecule has 1 aliphatic heterocycles. The van der Waals surface area contributed by atoms with Gasteiger partial charge in [0.05, 0.1) is 17.7 Å². The van der Waals surface area contributed by atoms with E-state index in [2.05, 4.69) is 10.3 Å². The predicted octanol–water partition coefficient (Wildman–Crippen LogP) is 2.94. The molecule has 1 aliphatic rings. The van der Waals surface area contributed by atoms with Gasteiger partial charge in [-0.05, 0) is 42.7 Å². The Morgan fingerprint density at radius 2 is 2.04 bits per heavy atom. The molecule has 5 nitrogen and oxygen atoms in total. The van der Waals surface area contributed by atoms with Crippen molar-refractivity contribution in [3.05, 3.63) is 59.5 Å². The van der Waals surface area contributed by atoms with E-state index in [1.807, 2.05) is 19.0 Å². The lowest BCUT2D eigenvalue weighted by Crippen LogP contribution is -2.36. The van der Waals surface area contributed by atoms with E-state index < -0.39 is 0 Å². The van der Waals surface area contributed by atoms with Crippen LogP contribution < -0.4 is 10.2 Å². The summed E-state index contributed by atoms with van der Waals surface area (Å²) in [6.45, 7) is 0.678. The molecule has 1 aromatic heterocycles. The normalized spacial score (nSPS) is 18.0. The number of anilines is 1. The van der Waals surface area contributed by atoms with Crippen LogP contribution >= 0.6 is 0 Å². The van der Waals surface area contributed by atoms with Crippen LogP contribution in [0.15, 0.2) is 42.6 Å². The first-order chi connectivity index (χ1) is 12.0. The zero-order chi connectivity index (χ0) is 17.8. The van der Waals surface area contributed by atoms with Gasteiger partial charge in [0.25, 0.3) is 5.91 Å². The van der Waals surface area contributed by atoms with E-state index in [0.717, 1.165) is 24.2 Å². The lowest BCUT2D eigenvalue weighted by Gasteiger charge is -2.25. The van der Waals surface area contributed by atoms with Crippen molar-refractivity contribution in [1.82, 2.24) is 10.3 Å². The highest BCUT2D eigenvalue weighted by Gasteiger charge is 2.29. The Morgan fingerprint density at radius 1 is 1.28 bits per heavy atom. The first-order valence-electron chi connectivity index (χ1n) is 8.36. The Hall–Kier alpha value is -2.47. The fourth-order valence-electron chi connectivity index (χ4n) is 2.94. The van der Waals surface area contributed by atoms with E-state index in [1.54, 1.807) is 30.5 Å². The van der Waals surface area contributed by atoms with E-state index in [-0.39, 0.29) is 23.9 Å². The molecule has 1 saturated heterocycles. The molecular weight excluding hydrogens is 321 g/mol. The van der Waals surface area contributed by atoms with Gasteiger partial charge in [0.15, 0.2) is 0 Å². The van der Waals surface area contributed by atoms with Crippen LogP contribution in [-0.4, -0.2) is 37.7 Å². The lowest BCUT2D eigenvalue weighted by atomic mass is 9.99. The van der Waals surface area contributed by atoms with Crippen molar-refractivity contribution in [2.75, 3.05) is 25.6 Å². The maximum atomic E-state index is 13.2. The molecule has 0 unspecified atom stereocenters. The van der Waals surface area contributed by atoms with Crippen LogP contribution in [0.4, 0.5) is 10.2 Å². The van der Waals surface area contributed by atoms with Crippen LogP contribution in [-0.2, 0) is 4.74 Å². The highest BCUT2D eigenvalue weighted by Crippen LogP contribution is 2.27. The highest BCUT2D eigenvalue weighted by atomic mass is 19.1. The SMILES string of the molecule is CN(C)c1ccc(C(=O)N[C@@H](c2ccc(F)cc2)[C@@H]2CCCO2)cn1. The van der Waals surface area contributed by atoms with Crippen LogP contribution in [0, 0.1) is 5.82 Å². The number of halogens is 1. The molecule has 6 heteroatoms. The number of amides is 1. The summed E-state index contributed by atoms with van der Waals surface area (Å²) < 4.78 is 19.0. The number of nitrogens with zero attached hydrogens (tertiary/aromatic N) is 2. The number of benzene rings is 1. The van der Waals surface area contributed by atoms with Gasteiger partial charge < -0.3 is 15.0 Å². The first-order valence-corrected chi connectivity index (χ1v) is 8.36. The Balaban J connectivity index is 1.79. The molecule has 1 aromatic carbocycles. The van der Waals surface area contributed by atoms with Crippen molar-refractivity contribution < 1.29 is 13.9 Å². The topological polar surface area (TPSA) is 54.5 Å². The number of hydrogen-bond donors (Lipinski definition) is 1. The average molecular weight is 343 g/mol. The molecule has 0 radical (unpaired) electrons. The fourth-order valence-corrected chi connectivity index (χ4v) is 2.94. The molecule has 25 heavy (non-hydrogen) atoms. The Labute approximate surface area is 146 Å². The molecule has 3 rings (SSSR count). The summed E-state index contributed by atoms with van der Waals surface area (Å²) >= 11 is 0. The van der Waals surface area contributed by atoms with Gasteiger partial charge >= 0.3 is 0 Å². The molecule has 2 atom stereocenters. The number of nitrogens with one attached hydrogen (secondary N) is 1. The summed E-state index contributed by atoms with van der Waals surface area (Å²) in [6.07, 6.45) is 3.27. The molecular formula is C19H22FN3O2. The molecule has 0 bridgehead atoms. The number of carbonyl (C=O) groups is 1. The van der Waals surface area contributed by atoms with Gasteiger partial charge in [0, 0.05) is 26.9 Å². The van der Waals surface area contributed by atoms with Gasteiger partial charge in [-0.15, -0.1) is 0 Å². The molecule has 132 valence electrons. The summed E-state index contributed by atoms with van der Waals surface area (Å²) in [7, 11) is 3.79. The third-order valence-electron chi connectivity index (χ3n) is 4.32. The minimum Gasteiger partial charge on any atom is -0.376 e. The summed E-state index contributed by atoms with van der Waals surface area (Å²) in [4.78, 5) is 18.8. The van der Waals surface area contributed by atoms with E-state index in [0.29, 0.717) is 12.2 Å². The van der Waals surface area contributed by atoms with Crippen LogP contribution in [0.25, 0.3) is 0 Å². The van der Waals surface area contributed by atoms with E-state index in [1.165, 1.54) is 12.1 Å². The molecule has 1 amide bonds. The molecule has 0 aliphatic carbocycles. The predicted molar refractivity (Wildman–Crippen MR) is 94.1 cm³/mol. The van der Waals surface area contributed by atoms with E-state index >= 15 is 0 Å². The fraction of sp³-hybridized carbons (Fsp3) is 0.368. The van der Waals surface area contributed by atoms with Crippen molar-refractivity contribution in [3.8, 4) is 0 Å². The maximum Gasteiger partial charge on any atom is 0.253 e. The number of carbonyl (C=O) groups excluding carboxylic acids is 1. The van der Waals surface area contributed by atoms with Crippen LogP contribution in [0.2, 0.25) is 0 Å². The summed E-state index contributed by atoms with van der Waals surface area (Å²) in [5, 5.41) is 3.02. The van der Waals surface area contributed by atoms with Crippen molar-refractivity contribution in [2.45, 2.75) is 25.0 Å². The quantitative estimate of drug-likeness (QED) is 0.907. The van der Waals surface area contributed by atoms with E-state index in [9.17, 15) is 9.18 Å². The smallest absolute Gasteiger partial charge is 0.253 e. The van der Waals surface area contributed by atoms with Gasteiger partial charge in [-0.25, -0.2) is 9.37 Å². The van der Waals surface area contributed by atoms with Crippen LogP contribution in [0.3, 0.4) is 0 Å². The number of aromatic nitrogens is 1. The minimum atomic E-state index is -0.316. The Kier molecular flexibility index (Phi) is 5.28. The zero-order valence-corrected chi connectivity index (χ0v) is 14.4. The number of hydrogen-bond acceptors (Lipinski definition) is 4. The second-order valence-electron chi connectivity index (χ2n) is 6.35. The molecule has 2 heterocycles. The van der Waals surface area contributed by atoms with Crippen molar-refractivity contribution in [3.63, 3.8) is 0 Å². The Morgan fingerprint density at radius 3 is 2.60 bits per heavy atom. The zero-order valence-electron chi connectivity index (χ0n) is 14.4. The Bertz CT molecular complexity index is 710. The average Bonchev–Trinajstić information content (AvgIpc) is 3.15. The second kappa shape index (κ2) is 7.61. The van der Waals surface area contributed by atoms with Crippen LogP contribution in [0.5, 0.6) is 0 Å². The van der Waals surface area contributed by atoms with Crippen LogP contribution in [0.1, 0.15) is 34.8 Å². The molecule has 0 saturated carbocycles. The summed E-state index contributed by atoms with van der Waals surface area (Å²) in [6, 6.07) is 9.41. The standard InChI is InChI=1S/C19H22FN3O2/c1-23(2)17-10-7-14(12-21-17)19(24)22-18(16-4-3-11-25-16)13-5-8-15(20)9-6-13/h5-10,12,16,18H,3-4,11H2,1-2H3,(H,22,24)/t16-,18-/m0/s1. The van der Waals surface area contributed by atoms with Crippen molar-refractivity contribution >= 4 is 11.7 Å². The van der Waals surface area contributed by atoms with Crippen molar-refractivity contribution in [2.24, 2.45) is 0 Å². The van der Waals surface area contributed by atoms with Gasteiger partial charge in [-0.2, -0.15) is 0 Å². The largest absolute Gasteiger partial charge is 0.376 e. The number of ether oxygens (including phenoxy) is 1. The molecule has 1 fully saturated rings. The molecule has 0 spiro atoms. The van der Waals surface area contributed by atoms with Gasteiger partial charge in [-0.3, -0.25) is 4.79 Å². The van der Waals surface area contributed by atoms with Crippen molar-refractivity contribution in [1.29, 1.82) is 0 Å². The minimum absolute atomic E-state index is 0.108. The third-order valence-corrected chi connectivity index (χ3v) is 4.32. The second-order valence-corrected chi connectivity index (χ2v) is 6.35.